The average molecular weight is 312 g/mol. The van der Waals surface area contributed by atoms with E-state index in [1.54, 1.807) is 15.2 Å². The van der Waals surface area contributed by atoms with Crippen molar-refractivity contribution in [2.75, 3.05) is 26.7 Å². The van der Waals surface area contributed by atoms with Crippen molar-refractivity contribution in [1.82, 2.24) is 19.4 Å². The van der Waals surface area contributed by atoms with Gasteiger partial charge >= 0.3 is 0 Å². The second kappa shape index (κ2) is 6.06. The summed E-state index contributed by atoms with van der Waals surface area (Å²) in [5.41, 5.74) is 0. The monoisotopic (exact) mass is 312 g/mol. The minimum atomic E-state index is -3.39. The maximum absolute atomic E-state index is 12.8. The summed E-state index contributed by atoms with van der Waals surface area (Å²) in [7, 11) is -1.52. The van der Waals surface area contributed by atoms with Gasteiger partial charge in [0.2, 0.25) is 10.0 Å². The van der Waals surface area contributed by atoms with Crippen LogP contribution in [-0.4, -0.2) is 49.2 Å². The summed E-state index contributed by atoms with van der Waals surface area (Å²) < 4.78 is 29.0. The van der Waals surface area contributed by atoms with E-state index in [2.05, 4.69) is 10.4 Å². The molecule has 0 aliphatic heterocycles. The molecule has 0 amide bonds. The van der Waals surface area contributed by atoms with Crippen molar-refractivity contribution < 1.29 is 8.42 Å². The molecule has 6 nitrogen and oxygen atoms in total. The van der Waals surface area contributed by atoms with E-state index in [4.69, 9.17) is 0 Å². The lowest BCUT2D eigenvalue weighted by Crippen LogP contribution is -2.34. The van der Waals surface area contributed by atoms with Crippen LogP contribution in [0, 0.1) is 11.8 Å². The number of sulfonamides is 1. The fourth-order valence-electron chi connectivity index (χ4n) is 2.42. The van der Waals surface area contributed by atoms with Crippen molar-refractivity contribution in [2.24, 2.45) is 11.8 Å². The molecule has 0 bridgehead atoms. The highest BCUT2D eigenvalue weighted by Gasteiger charge is 2.36. The first-order valence-electron chi connectivity index (χ1n) is 7.77. The molecule has 1 heterocycles. The molecule has 3 rings (SSSR count). The van der Waals surface area contributed by atoms with Crippen LogP contribution < -0.4 is 5.32 Å². The third-order valence-electron chi connectivity index (χ3n) is 4.16. The molecule has 2 saturated carbocycles. The first-order chi connectivity index (χ1) is 10.1. The molecule has 2 aliphatic carbocycles. The number of rotatable bonds is 9. The van der Waals surface area contributed by atoms with Crippen molar-refractivity contribution in [1.29, 1.82) is 0 Å². The van der Waals surface area contributed by atoms with Crippen LogP contribution in [-0.2, 0) is 16.6 Å². The summed E-state index contributed by atoms with van der Waals surface area (Å²) in [6.07, 6.45) is 7.80. The smallest absolute Gasteiger partial charge is 0.246 e. The first-order valence-corrected chi connectivity index (χ1v) is 9.21. The molecule has 0 radical (unpaired) electrons. The van der Waals surface area contributed by atoms with Gasteiger partial charge in [0.25, 0.3) is 0 Å². The second-order valence-corrected chi connectivity index (χ2v) is 8.19. The van der Waals surface area contributed by atoms with Crippen LogP contribution in [0.2, 0.25) is 0 Å². The fourth-order valence-corrected chi connectivity index (χ4v) is 3.97. The zero-order valence-corrected chi connectivity index (χ0v) is 13.3. The zero-order chi connectivity index (χ0) is 14.9. The van der Waals surface area contributed by atoms with Crippen molar-refractivity contribution in [3.63, 3.8) is 0 Å². The second-order valence-electron chi connectivity index (χ2n) is 6.25. The van der Waals surface area contributed by atoms with Gasteiger partial charge in [-0.1, -0.05) is 0 Å². The molecule has 1 N–H and O–H groups in total. The lowest BCUT2D eigenvalue weighted by Gasteiger charge is -2.21. The number of aromatic nitrogens is 2. The first kappa shape index (κ1) is 15.0. The predicted molar refractivity (Wildman–Crippen MR) is 80.4 cm³/mol. The molecule has 2 aliphatic rings. The molecule has 7 heteroatoms. The van der Waals surface area contributed by atoms with Crippen molar-refractivity contribution in [3.05, 3.63) is 12.4 Å². The van der Waals surface area contributed by atoms with Crippen LogP contribution in [0.25, 0.3) is 0 Å². The van der Waals surface area contributed by atoms with Gasteiger partial charge in [0.15, 0.2) is 0 Å². The Balaban J connectivity index is 1.73. The topological polar surface area (TPSA) is 67.2 Å². The molecule has 0 aromatic carbocycles. The Hall–Kier alpha value is -0.920. The molecular weight excluding hydrogens is 288 g/mol. The highest BCUT2D eigenvalue weighted by atomic mass is 32.2. The van der Waals surface area contributed by atoms with Gasteiger partial charge in [-0.25, -0.2) is 8.42 Å². The van der Waals surface area contributed by atoms with E-state index in [0.29, 0.717) is 36.4 Å². The Morgan fingerprint density at radius 3 is 2.43 bits per heavy atom. The summed E-state index contributed by atoms with van der Waals surface area (Å²) >= 11 is 0. The molecular formula is C14H24N4O2S. The number of hydrogen-bond donors (Lipinski definition) is 1. The van der Waals surface area contributed by atoms with Crippen LogP contribution in [0.5, 0.6) is 0 Å². The van der Waals surface area contributed by atoms with Crippen LogP contribution in [0.4, 0.5) is 0 Å². The highest BCUT2D eigenvalue weighted by Crippen LogP contribution is 2.35. The van der Waals surface area contributed by atoms with Gasteiger partial charge in [-0.05, 0) is 44.6 Å². The van der Waals surface area contributed by atoms with Gasteiger partial charge in [-0.15, -0.1) is 0 Å². The normalized spacial score (nSPS) is 19.3. The van der Waals surface area contributed by atoms with Gasteiger partial charge in [0.05, 0.1) is 12.7 Å². The van der Waals surface area contributed by atoms with Gasteiger partial charge in [0, 0.05) is 25.8 Å². The lowest BCUT2D eigenvalue weighted by molar-refractivity contribution is 0.382. The molecule has 0 unspecified atom stereocenters. The van der Waals surface area contributed by atoms with Crippen LogP contribution >= 0.6 is 0 Å². The fraction of sp³-hybridized carbons (Fsp3) is 0.786. The van der Waals surface area contributed by atoms with Crippen molar-refractivity contribution in [3.8, 4) is 0 Å². The number of nitrogens with one attached hydrogen (secondary N) is 1. The third-order valence-corrected chi connectivity index (χ3v) is 5.94. The minimum Gasteiger partial charge on any atom is -0.318 e. The molecule has 0 spiro atoms. The summed E-state index contributed by atoms with van der Waals surface area (Å²) in [5.74, 6) is 1.13. The average Bonchev–Trinajstić information content (AvgIpc) is 3.38. The van der Waals surface area contributed by atoms with Gasteiger partial charge in [-0.3, -0.25) is 4.68 Å². The van der Waals surface area contributed by atoms with Gasteiger partial charge in [-0.2, -0.15) is 9.40 Å². The lowest BCUT2D eigenvalue weighted by atomic mass is 10.4. The molecule has 2 fully saturated rings. The molecule has 0 saturated heterocycles. The summed E-state index contributed by atoms with van der Waals surface area (Å²) in [5, 5.41) is 7.20. The Morgan fingerprint density at radius 2 is 1.90 bits per heavy atom. The highest BCUT2D eigenvalue weighted by molar-refractivity contribution is 7.89. The van der Waals surface area contributed by atoms with E-state index in [-0.39, 0.29) is 0 Å². The van der Waals surface area contributed by atoms with Crippen LogP contribution in [0.3, 0.4) is 0 Å². The van der Waals surface area contributed by atoms with Gasteiger partial charge < -0.3 is 5.32 Å². The van der Waals surface area contributed by atoms with Crippen LogP contribution in [0.15, 0.2) is 17.3 Å². The molecule has 1 aromatic rings. The maximum atomic E-state index is 12.8. The molecule has 21 heavy (non-hydrogen) atoms. The van der Waals surface area contributed by atoms with E-state index < -0.39 is 10.0 Å². The van der Waals surface area contributed by atoms with Crippen molar-refractivity contribution >= 4 is 10.0 Å². The Kier molecular flexibility index (Phi) is 4.33. The Morgan fingerprint density at radius 1 is 1.29 bits per heavy atom. The SMILES string of the molecule is CNCCn1cc(S(=O)(=O)N(CC2CC2)CC2CC2)cn1. The Labute approximate surface area is 126 Å². The Bertz CT molecular complexity index is 562. The minimum absolute atomic E-state index is 0.333. The predicted octanol–water partition coefficient (Wildman–Crippen LogP) is 0.913. The zero-order valence-electron chi connectivity index (χ0n) is 12.5. The summed E-state index contributed by atoms with van der Waals surface area (Å²) in [6.45, 7) is 2.81. The molecule has 118 valence electrons. The quantitative estimate of drug-likeness (QED) is 0.736. The van der Waals surface area contributed by atoms with Crippen molar-refractivity contribution in [2.45, 2.75) is 37.1 Å². The molecule has 1 aromatic heterocycles. The number of hydrogen-bond acceptors (Lipinski definition) is 4. The van der Waals surface area contributed by atoms with E-state index in [1.165, 1.54) is 6.20 Å². The number of likely N-dealkylation sites (N-methyl/N-ethyl adjacent to an activating group) is 1. The number of nitrogens with zero attached hydrogens (tertiary/aromatic N) is 3. The standard InChI is InChI=1S/C14H24N4O2S/c1-15-6-7-17-11-14(8-16-17)21(19,20)18(9-12-2-3-12)10-13-4-5-13/h8,11-13,15H,2-7,9-10H2,1H3. The van der Waals surface area contributed by atoms with E-state index in [1.807, 2.05) is 7.05 Å². The molecule has 0 atom stereocenters. The van der Waals surface area contributed by atoms with Gasteiger partial charge in [0.1, 0.15) is 4.90 Å². The van der Waals surface area contributed by atoms with E-state index in [9.17, 15) is 8.42 Å². The van der Waals surface area contributed by atoms with E-state index in [0.717, 1.165) is 32.2 Å². The summed E-state index contributed by atoms with van der Waals surface area (Å²) in [6, 6.07) is 0. The third kappa shape index (κ3) is 3.84. The van der Waals surface area contributed by atoms with E-state index >= 15 is 0 Å². The summed E-state index contributed by atoms with van der Waals surface area (Å²) in [4.78, 5) is 0.333. The largest absolute Gasteiger partial charge is 0.318 e. The maximum Gasteiger partial charge on any atom is 0.246 e. The van der Waals surface area contributed by atoms with Crippen LogP contribution in [0.1, 0.15) is 25.7 Å².